The van der Waals surface area contributed by atoms with Gasteiger partial charge in [-0.05, 0) is 24.3 Å². The van der Waals surface area contributed by atoms with E-state index in [1.165, 1.54) is 19.2 Å². The number of hydrogen-bond acceptors (Lipinski definition) is 4. The zero-order valence-corrected chi connectivity index (χ0v) is 14.4. The molecule has 6 heteroatoms. The summed E-state index contributed by atoms with van der Waals surface area (Å²) in [5, 5.41) is 12.7. The van der Waals surface area contributed by atoms with E-state index in [4.69, 9.17) is 4.74 Å². The number of methoxy groups -OCH3 is 1. The van der Waals surface area contributed by atoms with E-state index in [-0.39, 0.29) is 5.69 Å². The highest BCUT2D eigenvalue weighted by molar-refractivity contribution is 7.85. The van der Waals surface area contributed by atoms with Gasteiger partial charge in [0.15, 0.2) is 7.14 Å². The summed E-state index contributed by atoms with van der Waals surface area (Å²) in [6.07, 6.45) is 0. The van der Waals surface area contributed by atoms with Crippen LogP contribution in [0.25, 0.3) is 0 Å². The molecule has 0 unspecified atom stereocenters. The number of nitro benzene ring substituents is 1. The van der Waals surface area contributed by atoms with Crippen LogP contribution in [0.3, 0.4) is 0 Å². The molecule has 0 aliphatic rings. The minimum Gasteiger partial charge on any atom is -0.496 e. The molecule has 0 radical (unpaired) electrons. The molecule has 0 aliphatic carbocycles. The first-order valence-electron chi connectivity index (χ1n) is 7.61. The fourth-order valence-electron chi connectivity index (χ4n) is 2.74. The van der Waals surface area contributed by atoms with Gasteiger partial charge in [0.2, 0.25) is 0 Å². The normalized spacial score (nSPS) is 13.0. The van der Waals surface area contributed by atoms with Crippen molar-refractivity contribution in [2.45, 2.75) is 0 Å². The highest BCUT2D eigenvalue weighted by Gasteiger charge is 2.32. The average molecular weight is 353 g/mol. The van der Waals surface area contributed by atoms with E-state index in [1.807, 2.05) is 24.3 Å². The van der Waals surface area contributed by atoms with Crippen molar-refractivity contribution in [2.75, 3.05) is 7.11 Å². The lowest BCUT2D eigenvalue weighted by Gasteiger charge is -2.21. The summed E-state index contributed by atoms with van der Waals surface area (Å²) in [6.45, 7) is 0. The Kier molecular flexibility index (Phi) is 4.68. The Morgan fingerprint density at radius 1 is 0.840 bits per heavy atom. The van der Waals surface area contributed by atoms with E-state index < -0.39 is 12.1 Å². The van der Waals surface area contributed by atoms with Crippen molar-refractivity contribution >= 4 is 28.7 Å². The fourth-order valence-corrected chi connectivity index (χ4v) is 5.53. The maximum Gasteiger partial charge on any atom is 0.269 e. The van der Waals surface area contributed by atoms with Gasteiger partial charge in [0.1, 0.15) is 5.75 Å². The molecule has 0 aromatic heterocycles. The van der Waals surface area contributed by atoms with E-state index in [0.717, 1.165) is 0 Å². The maximum atomic E-state index is 14.2. The van der Waals surface area contributed by atoms with Gasteiger partial charge in [0, 0.05) is 22.7 Å². The Balaban J connectivity index is 2.27. The zero-order chi connectivity index (χ0) is 17.9. The summed E-state index contributed by atoms with van der Waals surface area (Å²) in [5.74, 6) is 0.521. The molecular weight excluding hydrogens is 337 g/mol. The van der Waals surface area contributed by atoms with Gasteiger partial charge in [0.25, 0.3) is 5.69 Å². The number of benzene rings is 3. The number of rotatable bonds is 5. The molecule has 126 valence electrons. The Labute approximate surface area is 145 Å². The molecule has 0 fully saturated rings. The zero-order valence-electron chi connectivity index (χ0n) is 13.5. The van der Waals surface area contributed by atoms with Crippen LogP contribution in [0.15, 0.2) is 78.9 Å². The van der Waals surface area contributed by atoms with Gasteiger partial charge in [0.05, 0.1) is 17.3 Å². The van der Waals surface area contributed by atoms with Crippen LogP contribution in [0, 0.1) is 10.1 Å². The van der Waals surface area contributed by atoms with E-state index in [2.05, 4.69) is 0 Å². The average Bonchev–Trinajstić information content (AvgIpc) is 2.68. The SMILES string of the molecule is COc1ccccc1[P@@](=O)(c1ccccc1)c1ccc([N+](=O)[O-])cc1. The lowest BCUT2D eigenvalue weighted by atomic mass is 10.3. The van der Waals surface area contributed by atoms with Gasteiger partial charge < -0.3 is 9.30 Å². The Bertz CT molecular complexity index is 939. The smallest absolute Gasteiger partial charge is 0.269 e. The Morgan fingerprint density at radius 3 is 2.00 bits per heavy atom. The van der Waals surface area contributed by atoms with Crippen LogP contribution in [0.1, 0.15) is 0 Å². The largest absolute Gasteiger partial charge is 0.496 e. The first-order chi connectivity index (χ1) is 12.1. The summed E-state index contributed by atoms with van der Waals surface area (Å²) >= 11 is 0. The summed E-state index contributed by atoms with van der Waals surface area (Å²) in [6, 6.07) is 22.1. The first-order valence-corrected chi connectivity index (χ1v) is 9.32. The molecular formula is C19H16NO4P. The van der Waals surface area contributed by atoms with E-state index >= 15 is 0 Å². The van der Waals surface area contributed by atoms with Gasteiger partial charge in [-0.2, -0.15) is 0 Å². The second-order valence-electron chi connectivity index (χ2n) is 5.39. The second kappa shape index (κ2) is 6.91. The molecule has 5 nitrogen and oxygen atoms in total. The monoisotopic (exact) mass is 353 g/mol. The number of non-ortho nitro benzene ring substituents is 1. The molecule has 1 atom stereocenters. The van der Waals surface area contributed by atoms with Crippen molar-refractivity contribution in [3.05, 3.63) is 89.0 Å². The third kappa shape index (κ3) is 3.06. The topological polar surface area (TPSA) is 69.4 Å². The summed E-state index contributed by atoms with van der Waals surface area (Å²) in [7, 11) is -1.70. The molecule has 0 amide bonds. The minimum atomic E-state index is -3.23. The van der Waals surface area contributed by atoms with Crippen molar-refractivity contribution in [1.82, 2.24) is 0 Å². The van der Waals surface area contributed by atoms with Gasteiger partial charge >= 0.3 is 0 Å². The van der Waals surface area contributed by atoms with Crippen LogP contribution in [0.4, 0.5) is 5.69 Å². The molecule has 25 heavy (non-hydrogen) atoms. The third-order valence-corrected chi connectivity index (χ3v) is 7.07. The van der Waals surface area contributed by atoms with Crippen molar-refractivity contribution in [3.8, 4) is 5.75 Å². The highest BCUT2D eigenvalue weighted by Crippen LogP contribution is 2.45. The van der Waals surface area contributed by atoms with Crippen LogP contribution < -0.4 is 20.7 Å². The van der Waals surface area contributed by atoms with Crippen molar-refractivity contribution in [1.29, 1.82) is 0 Å². The minimum absolute atomic E-state index is 0.0385. The molecule has 0 bridgehead atoms. The van der Waals surface area contributed by atoms with E-state index in [0.29, 0.717) is 21.7 Å². The molecule has 0 saturated heterocycles. The summed E-state index contributed by atoms with van der Waals surface area (Å²) in [5.41, 5.74) is -0.0385. The molecule has 0 spiro atoms. The Morgan fingerprint density at radius 2 is 1.40 bits per heavy atom. The fraction of sp³-hybridized carbons (Fsp3) is 0.0526. The van der Waals surface area contributed by atoms with E-state index in [1.54, 1.807) is 42.5 Å². The van der Waals surface area contributed by atoms with Gasteiger partial charge in [-0.15, -0.1) is 0 Å². The number of ether oxygens (including phenoxy) is 1. The molecule has 3 aromatic rings. The maximum absolute atomic E-state index is 14.2. The predicted octanol–water partition coefficient (Wildman–Crippen LogP) is 3.24. The van der Waals surface area contributed by atoms with Crippen LogP contribution in [0.5, 0.6) is 5.75 Å². The molecule has 0 N–H and O–H groups in total. The van der Waals surface area contributed by atoms with E-state index in [9.17, 15) is 14.7 Å². The highest BCUT2D eigenvalue weighted by atomic mass is 31.2. The van der Waals surface area contributed by atoms with Gasteiger partial charge in [-0.3, -0.25) is 10.1 Å². The molecule has 3 rings (SSSR count). The predicted molar refractivity (Wildman–Crippen MR) is 99.0 cm³/mol. The van der Waals surface area contributed by atoms with Gasteiger partial charge in [-0.1, -0.05) is 42.5 Å². The molecule has 3 aromatic carbocycles. The second-order valence-corrected chi connectivity index (χ2v) is 8.12. The molecule has 0 heterocycles. The van der Waals surface area contributed by atoms with Gasteiger partial charge in [-0.25, -0.2) is 0 Å². The number of hydrogen-bond donors (Lipinski definition) is 0. The van der Waals surface area contributed by atoms with Crippen LogP contribution >= 0.6 is 7.14 Å². The van der Waals surface area contributed by atoms with Crippen LogP contribution in [0.2, 0.25) is 0 Å². The number of para-hydroxylation sites is 1. The molecule has 0 aliphatic heterocycles. The van der Waals surface area contributed by atoms with Crippen LogP contribution in [-0.4, -0.2) is 12.0 Å². The van der Waals surface area contributed by atoms with Crippen molar-refractivity contribution in [2.24, 2.45) is 0 Å². The summed E-state index contributed by atoms with van der Waals surface area (Å²) < 4.78 is 19.6. The standard InChI is InChI=1S/C19H16NO4P/c1-24-18-9-5-6-10-19(18)25(23,16-7-3-2-4-8-16)17-13-11-15(12-14-17)20(21)22/h2-14H,1H3/t25-/m1/s1. The quantitative estimate of drug-likeness (QED) is 0.401. The lowest BCUT2D eigenvalue weighted by molar-refractivity contribution is -0.384. The lowest BCUT2D eigenvalue weighted by Crippen LogP contribution is -2.26. The third-order valence-electron chi connectivity index (χ3n) is 3.97. The Hall–Kier alpha value is -2.91. The summed E-state index contributed by atoms with van der Waals surface area (Å²) in [4.78, 5) is 10.4. The van der Waals surface area contributed by atoms with Crippen molar-refractivity contribution < 1.29 is 14.2 Å². The van der Waals surface area contributed by atoms with Crippen molar-refractivity contribution in [3.63, 3.8) is 0 Å². The number of nitro groups is 1. The molecule has 0 saturated carbocycles. The first kappa shape index (κ1) is 16.9. The number of nitrogens with zero attached hydrogens (tertiary/aromatic N) is 1. The van der Waals surface area contributed by atoms with Crippen LogP contribution in [-0.2, 0) is 4.57 Å².